The Morgan fingerprint density at radius 3 is 2.77 bits per heavy atom. The predicted molar refractivity (Wildman–Crippen MR) is 93.7 cm³/mol. The third-order valence-electron chi connectivity index (χ3n) is 4.41. The van der Waals surface area contributed by atoms with Gasteiger partial charge in [0.15, 0.2) is 0 Å². The molecular formula is C18H23N5O3. The molecule has 1 saturated carbocycles. The Hall–Kier alpha value is -2.77. The van der Waals surface area contributed by atoms with Gasteiger partial charge in [-0.3, -0.25) is 14.6 Å². The number of aromatic nitrogens is 3. The van der Waals surface area contributed by atoms with Gasteiger partial charge < -0.3 is 15.2 Å². The summed E-state index contributed by atoms with van der Waals surface area (Å²) in [5.41, 5.74) is 0.740. The average molecular weight is 357 g/mol. The highest BCUT2D eigenvalue weighted by atomic mass is 16.5. The number of carbonyl (C=O) groups is 2. The maximum Gasteiger partial charge on any atom is 0.249 e. The highest BCUT2D eigenvalue weighted by Gasteiger charge is 2.20. The van der Waals surface area contributed by atoms with E-state index in [2.05, 4.69) is 25.8 Å². The van der Waals surface area contributed by atoms with Crippen molar-refractivity contribution >= 4 is 11.8 Å². The molecule has 8 heteroatoms. The molecule has 2 heterocycles. The summed E-state index contributed by atoms with van der Waals surface area (Å²) in [5, 5.41) is 9.66. The Kier molecular flexibility index (Phi) is 5.93. The molecule has 0 radical (unpaired) electrons. The molecule has 1 fully saturated rings. The van der Waals surface area contributed by atoms with Crippen LogP contribution in [0.5, 0.6) is 0 Å². The van der Waals surface area contributed by atoms with Crippen molar-refractivity contribution in [1.29, 1.82) is 0 Å². The van der Waals surface area contributed by atoms with E-state index in [0.717, 1.165) is 31.2 Å². The van der Waals surface area contributed by atoms with E-state index in [-0.39, 0.29) is 30.7 Å². The SMILES string of the molecule is CC(NC(=O)CCC(=O)NC1CCCC1)c1nc(-c2cccnc2)no1. The zero-order valence-corrected chi connectivity index (χ0v) is 14.8. The lowest BCUT2D eigenvalue weighted by molar-refractivity contribution is -0.127. The lowest BCUT2D eigenvalue weighted by Gasteiger charge is -2.12. The molecule has 1 atom stereocenters. The van der Waals surface area contributed by atoms with E-state index >= 15 is 0 Å². The van der Waals surface area contributed by atoms with Crippen LogP contribution in [0.3, 0.4) is 0 Å². The Morgan fingerprint density at radius 1 is 1.27 bits per heavy atom. The van der Waals surface area contributed by atoms with E-state index in [4.69, 9.17) is 4.52 Å². The molecule has 138 valence electrons. The van der Waals surface area contributed by atoms with Crippen LogP contribution in [0.1, 0.15) is 57.4 Å². The number of hydrogen-bond acceptors (Lipinski definition) is 6. The van der Waals surface area contributed by atoms with Crippen LogP contribution in [0.25, 0.3) is 11.4 Å². The second-order valence-corrected chi connectivity index (χ2v) is 6.54. The van der Waals surface area contributed by atoms with Gasteiger partial charge in [-0.05, 0) is 31.9 Å². The first kappa shape index (κ1) is 18.0. The zero-order valence-electron chi connectivity index (χ0n) is 14.8. The minimum Gasteiger partial charge on any atom is -0.353 e. The van der Waals surface area contributed by atoms with Crippen molar-refractivity contribution < 1.29 is 14.1 Å². The van der Waals surface area contributed by atoms with Crippen LogP contribution in [0, 0.1) is 0 Å². The fourth-order valence-corrected chi connectivity index (χ4v) is 3.00. The summed E-state index contributed by atoms with van der Waals surface area (Å²) in [4.78, 5) is 32.2. The number of amides is 2. The van der Waals surface area contributed by atoms with Gasteiger partial charge in [0, 0.05) is 36.8 Å². The average Bonchev–Trinajstić information content (AvgIpc) is 3.32. The topological polar surface area (TPSA) is 110 Å². The Morgan fingerprint density at radius 2 is 2.04 bits per heavy atom. The van der Waals surface area contributed by atoms with Crippen LogP contribution in [-0.2, 0) is 9.59 Å². The molecule has 0 aliphatic heterocycles. The number of nitrogens with zero attached hydrogens (tertiary/aromatic N) is 3. The van der Waals surface area contributed by atoms with Crippen molar-refractivity contribution in [3.05, 3.63) is 30.4 Å². The Labute approximate surface area is 151 Å². The van der Waals surface area contributed by atoms with Gasteiger partial charge in [-0.1, -0.05) is 18.0 Å². The van der Waals surface area contributed by atoms with Crippen LogP contribution in [0.15, 0.2) is 29.0 Å². The first-order valence-electron chi connectivity index (χ1n) is 8.94. The predicted octanol–water partition coefficient (Wildman–Crippen LogP) is 2.15. The summed E-state index contributed by atoms with van der Waals surface area (Å²) in [6.45, 7) is 1.76. The fourth-order valence-electron chi connectivity index (χ4n) is 3.00. The smallest absolute Gasteiger partial charge is 0.249 e. The standard InChI is InChI=1S/C18H23N5O3/c1-12(18-22-17(23-26-18)13-5-4-10-19-11-13)20-15(24)8-9-16(25)21-14-6-2-3-7-14/h4-5,10-12,14H,2-3,6-9H2,1H3,(H,20,24)(H,21,25). The van der Waals surface area contributed by atoms with Gasteiger partial charge in [-0.2, -0.15) is 4.98 Å². The minimum atomic E-state index is -0.432. The van der Waals surface area contributed by atoms with Crippen molar-refractivity contribution in [2.45, 2.75) is 57.5 Å². The molecule has 2 aromatic rings. The van der Waals surface area contributed by atoms with Gasteiger partial charge in [-0.25, -0.2) is 0 Å². The molecule has 2 amide bonds. The third kappa shape index (κ3) is 4.87. The van der Waals surface area contributed by atoms with Gasteiger partial charge in [0.2, 0.25) is 23.5 Å². The van der Waals surface area contributed by atoms with Gasteiger partial charge in [0.05, 0.1) is 0 Å². The van der Waals surface area contributed by atoms with E-state index in [1.807, 2.05) is 6.07 Å². The molecule has 2 N–H and O–H groups in total. The summed E-state index contributed by atoms with van der Waals surface area (Å²) in [6, 6.07) is 3.45. The molecule has 8 nitrogen and oxygen atoms in total. The number of nitrogens with one attached hydrogen (secondary N) is 2. The summed E-state index contributed by atoms with van der Waals surface area (Å²) < 4.78 is 5.21. The van der Waals surface area contributed by atoms with E-state index in [1.165, 1.54) is 0 Å². The van der Waals surface area contributed by atoms with Gasteiger partial charge in [-0.15, -0.1) is 0 Å². The van der Waals surface area contributed by atoms with Crippen molar-refractivity contribution in [3.63, 3.8) is 0 Å². The molecule has 2 aromatic heterocycles. The maximum atomic E-state index is 12.1. The maximum absolute atomic E-state index is 12.1. The van der Waals surface area contributed by atoms with Gasteiger partial charge >= 0.3 is 0 Å². The van der Waals surface area contributed by atoms with E-state index in [0.29, 0.717) is 11.7 Å². The lowest BCUT2D eigenvalue weighted by atomic mass is 10.2. The molecule has 0 spiro atoms. The van der Waals surface area contributed by atoms with E-state index < -0.39 is 6.04 Å². The lowest BCUT2D eigenvalue weighted by Crippen LogP contribution is -2.34. The number of rotatable bonds is 7. The molecule has 1 aliphatic rings. The normalized spacial score (nSPS) is 15.6. The van der Waals surface area contributed by atoms with Crippen LogP contribution < -0.4 is 10.6 Å². The molecule has 3 rings (SSSR count). The van der Waals surface area contributed by atoms with Crippen molar-refractivity contribution in [1.82, 2.24) is 25.8 Å². The van der Waals surface area contributed by atoms with Crippen LogP contribution >= 0.6 is 0 Å². The van der Waals surface area contributed by atoms with E-state index in [1.54, 1.807) is 25.4 Å². The molecular weight excluding hydrogens is 334 g/mol. The molecule has 1 aliphatic carbocycles. The highest BCUT2D eigenvalue weighted by Crippen LogP contribution is 2.18. The molecule has 0 saturated heterocycles. The van der Waals surface area contributed by atoms with Crippen LogP contribution in [-0.4, -0.2) is 33.0 Å². The van der Waals surface area contributed by atoms with Crippen molar-refractivity contribution in [2.75, 3.05) is 0 Å². The quantitative estimate of drug-likeness (QED) is 0.785. The van der Waals surface area contributed by atoms with Crippen LogP contribution in [0.2, 0.25) is 0 Å². The summed E-state index contributed by atoms with van der Waals surface area (Å²) in [5.74, 6) is 0.439. The van der Waals surface area contributed by atoms with Gasteiger partial charge in [0.25, 0.3) is 0 Å². The summed E-state index contributed by atoms with van der Waals surface area (Å²) >= 11 is 0. The van der Waals surface area contributed by atoms with Crippen LogP contribution in [0.4, 0.5) is 0 Å². The molecule has 1 unspecified atom stereocenters. The fraction of sp³-hybridized carbons (Fsp3) is 0.500. The van der Waals surface area contributed by atoms with Crippen molar-refractivity contribution in [2.24, 2.45) is 0 Å². The van der Waals surface area contributed by atoms with E-state index in [9.17, 15) is 9.59 Å². The molecule has 26 heavy (non-hydrogen) atoms. The molecule has 0 bridgehead atoms. The largest absolute Gasteiger partial charge is 0.353 e. The second-order valence-electron chi connectivity index (χ2n) is 6.54. The monoisotopic (exact) mass is 357 g/mol. The number of carbonyl (C=O) groups excluding carboxylic acids is 2. The third-order valence-corrected chi connectivity index (χ3v) is 4.41. The van der Waals surface area contributed by atoms with Gasteiger partial charge in [0.1, 0.15) is 6.04 Å². The van der Waals surface area contributed by atoms with Crippen molar-refractivity contribution in [3.8, 4) is 11.4 Å². The Balaban J connectivity index is 1.45. The zero-order chi connectivity index (χ0) is 18.4. The number of hydrogen-bond donors (Lipinski definition) is 2. The summed E-state index contributed by atoms with van der Waals surface area (Å²) in [6.07, 6.45) is 8.00. The Bertz CT molecular complexity index is 740. The summed E-state index contributed by atoms with van der Waals surface area (Å²) in [7, 11) is 0. The number of pyridine rings is 1. The second kappa shape index (κ2) is 8.55. The molecule has 0 aromatic carbocycles. The highest BCUT2D eigenvalue weighted by molar-refractivity contribution is 5.84. The first-order chi connectivity index (χ1) is 12.6. The first-order valence-corrected chi connectivity index (χ1v) is 8.94. The minimum absolute atomic E-state index is 0.0728.